The highest BCUT2D eigenvalue weighted by molar-refractivity contribution is 5.97. The van der Waals surface area contributed by atoms with E-state index in [1.165, 1.54) is 37.4 Å². The smallest absolute Gasteiger partial charge is 0.282 e. The maximum atomic E-state index is 12.1. The van der Waals surface area contributed by atoms with Crippen molar-refractivity contribution in [1.82, 2.24) is 5.43 Å². The maximum Gasteiger partial charge on any atom is 0.282 e. The predicted molar refractivity (Wildman–Crippen MR) is 88.9 cm³/mol. The first-order chi connectivity index (χ1) is 12.5. The number of nitrogens with zero attached hydrogens (tertiary/aromatic N) is 2. The number of benzene rings is 2. The van der Waals surface area contributed by atoms with Gasteiger partial charge >= 0.3 is 0 Å². The van der Waals surface area contributed by atoms with Crippen LogP contribution in [0.4, 0.5) is 5.69 Å². The molecule has 1 aliphatic heterocycles. The number of methoxy groups -OCH3 is 1. The summed E-state index contributed by atoms with van der Waals surface area (Å²) in [5.74, 6) is 0.0201. The van der Waals surface area contributed by atoms with Crippen molar-refractivity contribution in [3.8, 4) is 23.0 Å². The van der Waals surface area contributed by atoms with E-state index in [4.69, 9.17) is 14.2 Å². The molecule has 0 saturated heterocycles. The molecule has 2 N–H and O–H groups in total. The van der Waals surface area contributed by atoms with E-state index in [0.29, 0.717) is 11.5 Å². The van der Waals surface area contributed by atoms with Gasteiger partial charge in [-0.15, -0.1) is 0 Å². The molecule has 0 bridgehead atoms. The van der Waals surface area contributed by atoms with Gasteiger partial charge in [0.1, 0.15) is 11.5 Å². The molecule has 10 nitrogen and oxygen atoms in total. The van der Waals surface area contributed by atoms with Crippen molar-refractivity contribution in [2.75, 3.05) is 13.9 Å². The third-order valence-corrected chi connectivity index (χ3v) is 3.54. The van der Waals surface area contributed by atoms with Crippen LogP contribution in [0.3, 0.4) is 0 Å². The molecule has 10 heteroatoms. The number of carbonyl (C=O) groups excluding carboxylic acids is 1. The average Bonchev–Trinajstić information content (AvgIpc) is 3.07. The standard InChI is InChI=1S/C16H13N3O7/c1-24-10-2-3-11(13(20)5-10)16(21)18-17-7-9-4-14-15(26-8-25-14)6-12(9)19(22)23/h2-7,20H,8H2,1H3,(H,18,21)/b17-7-. The van der Waals surface area contributed by atoms with Crippen LogP contribution in [0.5, 0.6) is 23.0 Å². The zero-order valence-electron chi connectivity index (χ0n) is 13.5. The zero-order chi connectivity index (χ0) is 18.7. The molecule has 1 heterocycles. The van der Waals surface area contributed by atoms with Gasteiger partial charge in [-0.05, 0) is 18.2 Å². The summed E-state index contributed by atoms with van der Waals surface area (Å²) in [5.41, 5.74) is 2.04. The second kappa shape index (κ2) is 6.97. The monoisotopic (exact) mass is 359 g/mol. The molecule has 0 radical (unpaired) electrons. The number of nitrogens with one attached hydrogen (secondary N) is 1. The van der Waals surface area contributed by atoms with E-state index in [1.54, 1.807) is 0 Å². The molecule has 2 aromatic carbocycles. The van der Waals surface area contributed by atoms with Crippen LogP contribution in [0.15, 0.2) is 35.4 Å². The first-order valence-electron chi connectivity index (χ1n) is 7.28. The minimum absolute atomic E-state index is 0.0249. The lowest BCUT2D eigenvalue weighted by Crippen LogP contribution is -2.17. The third kappa shape index (κ3) is 3.34. The topological polar surface area (TPSA) is 133 Å². The minimum Gasteiger partial charge on any atom is -0.507 e. The lowest BCUT2D eigenvalue weighted by atomic mass is 10.1. The van der Waals surface area contributed by atoms with E-state index in [1.807, 2.05) is 0 Å². The number of amides is 1. The molecule has 0 fully saturated rings. The lowest BCUT2D eigenvalue weighted by Gasteiger charge is -2.05. The number of carbonyl (C=O) groups is 1. The highest BCUT2D eigenvalue weighted by Gasteiger charge is 2.22. The molecule has 134 valence electrons. The van der Waals surface area contributed by atoms with Crippen LogP contribution in [0, 0.1) is 10.1 Å². The minimum atomic E-state index is -0.690. The van der Waals surface area contributed by atoms with Gasteiger partial charge in [0.25, 0.3) is 11.6 Å². The Hall–Kier alpha value is -3.82. The molecule has 1 aliphatic rings. The number of ether oxygens (including phenoxy) is 3. The van der Waals surface area contributed by atoms with Crippen molar-refractivity contribution < 1.29 is 29.0 Å². The molecule has 3 rings (SSSR count). The third-order valence-electron chi connectivity index (χ3n) is 3.54. The maximum absolute atomic E-state index is 12.1. The van der Waals surface area contributed by atoms with Gasteiger partial charge in [-0.1, -0.05) is 0 Å². The average molecular weight is 359 g/mol. The molecule has 0 atom stereocenters. The van der Waals surface area contributed by atoms with Crippen molar-refractivity contribution in [1.29, 1.82) is 0 Å². The van der Waals surface area contributed by atoms with E-state index in [9.17, 15) is 20.0 Å². The second-order valence-corrected chi connectivity index (χ2v) is 5.10. The SMILES string of the molecule is COc1ccc(C(=O)N/N=C\c2cc3c(cc2[N+](=O)[O-])OCO3)c(O)c1. The van der Waals surface area contributed by atoms with Crippen LogP contribution in [-0.4, -0.2) is 36.1 Å². The molecule has 1 amide bonds. The van der Waals surface area contributed by atoms with Crippen LogP contribution in [0.2, 0.25) is 0 Å². The van der Waals surface area contributed by atoms with Crippen LogP contribution in [0.1, 0.15) is 15.9 Å². The predicted octanol–water partition coefficient (Wildman–Crippen LogP) is 1.80. The van der Waals surface area contributed by atoms with Crippen LogP contribution < -0.4 is 19.6 Å². The molecule has 0 unspecified atom stereocenters. The molecule has 0 saturated carbocycles. The Labute approximate surface area is 146 Å². The summed E-state index contributed by atoms with van der Waals surface area (Å²) in [5, 5.41) is 24.7. The summed E-state index contributed by atoms with van der Waals surface area (Å²) >= 11 is 0. The number of hydrazone groups is 1. The molecule has 2 aromatic rings. The largest absolute Gasteiger partial charge is 0.507 e. The lowest BCUT2D eigenvalue weighted by molar-refractivity contribution is -0.385. The van der Waals surface area contributed by atoms with Crippen LogP contribution >= 0.6 is 0 Å². The zero-order valence-corrected chi connectivity index (χ0v) is 13.5. The van der Waals surface area contributed by atoms with Crippen molar-refractivity contribution in [2.45, 2.75) is 0 Å². The van der Waals surface area contributed by atoms with Gasteiger partial charge in [-0.2, -0.15) is 5.10 Å². The fourth-order valence-corrected chi connectivity index (χ4v) is 2.26. The molecular formula is C16H13N3O7. The fraction of sp³-hybridized carbons (Fsp3) is 0.125. The number of rotatable bonds is 5. The van der Waals surface area contributed by atoms with Gasteiger partial charge in [-0.3, -0.25) is 14.9 Å². The fourth-order valence-electron chi connectivity index (χ4n) is 2.26. The normalized spacial score (nSPS) is 12.2. The quantitative estimate of drug-likeness (QED) is 0.472. The summed E-state index contributed by atoms with van der Waals surface area (Å²) in [4.78, 5) is 22.6. The summed E-state index contributed by atoms with van der Waals surface area (Å²) in [6, 6.07) is 6.76. The van der Waals surface area contributed by atoms with Crippen LogP contribution in [-0.2, 0) is 0 Å². The summed E-state index contributed by atoms with van der Waals surface area (Å²) in [6.07, 6.45) is 1.11. The van der Waals surface area contributed by atoms with E-state index in [-0.39, 0.29) is 35.1 Å². The Kier molecular flexibility index (Phi) is 4.56. The van der Waals surface area contributed by atoms with Gasteiger partial charge < -0.3 is 19.3 Å². The van der Waals surface area contributed by atoms with Crippen molar-refractivity contribution in [2.24, 2.45) is 5.10 Å². The molecule has 0 spiro atoms. The highest BCUT2D eigenvalue weighted by Crippen LogP contribution is 2.37. The molecule has 26 heavy (non-hydrogen) atoms. The number of phenols is 1. The second-order valence-electron chi connectivity index (χ2n) is 5.10. The Bertz CT molecular complexity index is 911. The van der Waals surface area contributed by atoms with E-state index >= 15 is 0 Å². The number of aromatic hydroxyl groups is 1. The van der Waals surface area contributed by atoms with Gasteiger partial charge in [0, 0.05) is 6.07 Å². The highest BCUT2D eigenvalue weighted by atomic mass is 16.7. The van der Waals surface area contributed by atoms with Crippen LogP contribution in [0.25, 0.3) is 0 Å². The van der Waals surface area contributed by atoms with Gasteiger partial charge in [0.15, 0.2) is 11.5 Å². The summed E-state index contributed by atoms with van der Waals surface area (Å²) in [7, 11) is 1.43. The number of nitro benzene ring substituents is 1. The van der Waals surface area contributed by atoms with Crippen molar-refractivity contribution >= 4 is 17.8 Å². The van der Waals surface area contributed by atoms with E-state index < -0.39 is 10.8 Å². The molecule has 0 aromatic heterocycles. The first-order valence-corrected chi connectivity index (χ1v) is 7.28. The van der Waals surface area contributed by atoms with Crippen molar-refractivity contribution in [3.05, 3.63) is 51.6 Å². The number of phenolic OH excluding ortho intramolecular Hbond substituents is 1. The molecule has 0 aliphatic carbocycles. The van der Waals surface area contributed by atoms with Crippen molar-refractivity contribution in [3.63, 3.8) is 0 Å². The van der Waals surface area contributed by atoms with Gasteiger partial charge in [0.05, 0.1) is 35.4 Å². The van der Waals surface area contributed by atoms with Gasteiger partial charge in [-0.25, -0.2) is 5.43 Å². The van der Waals surface area contributed by atoms with Gasteiger partial charge in [0.2, 0.25) is 6.79 Å². The van der Waals surface area contributed by atoms with E-state index in [0.717, 1.165) is 6.21 Å². The first kappa shape index (κ1) is 17.0. The Morgan fingerprint density at radius 1 is 1.35 bits per heavy atom. The summed E-state index contributed by atoms with van der Waals surface area (Å²) < 4.78 is 15.2. The number of fused-ring (bicyclic) bond motifs is 1. The molecular weight excluding hydrogens is 346 g/mol. The summed E-state index contributed by atoms with van der Waals surface area (Å²) in [6.45, 7) is -0.0272. The Morgan fingerprint density at radius 3 is 2.73 bits per heavy atom. The number of nitro groups is 1. The Morgan fingerprint density at radius 2 is 2.08 bits per heavy atom. The Balaban J connectivity index is 1.78. The number of hydrogen-bond acceptors (Lipinski definition) is 8. The van der Waals surface area contributed by atoms with E-state index in [2.05, 4.69) is 10.5 Å². The number of hydrogen-bond donors (Lipinski definition) is 2.